The third kappa shape index (κ3) is 2.00. The van der Waals surface area contributed by atoms with Crippen molar-refractivity contribution in [2.75, 3.05) is 0 Å². The second-order valence-corrected chi connectivity index (χ2v) is 3.31. The highest BCUT2D eigenvalue weighted by Gasteiger charge is 2.20. The van der Waals surface area contributed by atoms with E-state index in [0.29, 0.717) is 5.76 Å². The minimum atomic E-state index is 0.116. The second kappa shape index (κ2) is 4.26. The molecule has 0 radical (unpaired) electrons. The normalized spacial score (nSPS) is 10.8. The second-order valence-electron chi connectivity index (χ2n) is 3.31. The van der Waals surface area contributed by atoms with E-state index in [2.05, 4.69) is 0 Å². The van der Waals surface area contributed by atoms with Crippen LogP contribution in [0.25, 0.3) is 0 Å². The standard InChI is InChI=1S/C11H16O2/c1-4-9(5-2)10(12)11-8(3)6-7-13-11/h6-7,9H,4-5H2,1-3H3. The number of hydrogen-bond donors (Lipinski definition) is 0. The Bertz CT molecular complexity index is 282. The van der Waals surface area contributed by atoms with Crippen molar-refractivity contribution >= 4 is 5.78 Å². The topological polar surface area (TPSA) is 30.2 Å². The summed E-state index contributed by atoms with van der Waals surface area (Å²) in [4.78, 5) is 11.8. The Balaban J connectivity index is 2.84. The number of Topliss-reactive ketones (excluding diaryl/α,β-unsaturated/α-hetero) is 1. The predicted octanol–water partition coefficient (Wildman–Crippen LogP) is 3.21. The molecule has 0 fully saturated rings. The average molecular weight is 180 g/mol. The zero-order valence-corrected chi connectivity index (χ0v) is 8.46. The van der Waals surface area contributed by atoms with Gasteiger partial charge in [-0.25, -0.2) is 0 Å². The number of carbonyl (C=O) groups is 1. The van der Waals surface area contributed by atoms with Crippen LogP contribution in [0.2, 0.25) is 0 Å². The Morgan fingerprint density at radius 2 is 2.08 bits per heavy atom. The number of carbonyl (C=O) groups excluding carboxylic acids is 1. The Morgan fingerprint density at radius 3 is 2.46 bits per heavy atom. The van der Waals surface area contributed by atoms with E-state index in [-0.39, 0.29) is 11.7 Å². The molecule has 0 amide bonds. The van der Waals surface area contributed by atoms with Crippen LogP contribution in [0.5, 0.6) is 0 Å². The van der Waals surface area contributed by atoms with Crippen LogP contribution < -0.4 is 0 Å². The molecule has 72 valence electrons. The van der Waals surface area contributed by atoms with Gasteiger partial charge < -0.3 is 4.42 Å². The van der Waals surface area contributed by atoms with Crippen LogP contribution >= 0.6 is 0 Å². The van der Waals surface area contributed by atoms with Crippen LogP contribution in [-0.2, 0) is 0 Å². The molecule has 0 bridgehead atoms. The van der Waals surface area contributed by atoms with Gasteiger partial charge in [-0.2, -0.15) is 0 Å². The van der Waals surface area contributed by atoms with Gasteiger partial charge in [-0.3, -0.25) is 4.79 Å². The molecule has 0 aliphatic carbocycles. The van der Waals surface area contributed by atoms with E-state index >= 15 is 0 Å². The number of rotatable bonds is 4. The van der Waals surface area contributed by atoms with Crippen molar-refractivity contribution in [2.24, 2.45) is 5.92 Å². The summed E-state index contributed by atoms with van der Waals surface area (Å²) in [5, 5.41) is 0. The van der Waals surface area contributed by atoms with Crippen LogP contribution in [0, 0.1) is 12.8 Å². The molecule has 0 aromatic carbocycles. The van der Waals surface area contributed by atoms with E-state index in [0.717, 1.165) is 18.4 Å². The molecule has 2 nitrogen and oxygen atoms in total. The SMILES string of the molecule is CCC(CC)C(=O)c1occc1C. The fourth-order valence-corrected chi connectivity index (χ4v) is 1.47. The monoisotopic (exact) mass is 180 g/mol. The highest BCUT2D eigenvalue weighted by atomic mass is 16.3. The predicted molar refractivity (Wildman–Crippen MR) is 51.8 cm³/mol. The van der Waals surface area contributed by atoms with Crippen molar-refractivity contribution in [1.82, 2.24) is 0 Å². The summed E-state index contributed by atoms with van der Waals surface area (Å²) in [5.41, 5.74) is 0.942. The summed E-state index contributed by atoms with van der Waals surface area (Å²) in [6.45, 7) is 5.97. The lowest BCUT2D eigenvalue weighted by Gasteiger charge is -2.08. The molecule has 0 unspecified atom stereocenters. The minimum Gasteiger partial charge on any atom is -0.461 e. The van der Waals surface area contributed by atoms with Crippen LogP contribution in [0.4, 0.5) is 0 Å². The molecule has 0 aliphatic rings. The molecule has 1 rings (SSSR count). The molecule has 2 heteroatoms. The molecular formula is C11H16O2. The number of furan rings is 1. The van der Waals surface area contributed by atoms with E-state index in [9.17, 15) is 4.79 Å². The van der Waals surface area contributed by atoms with Crippen molar-refractivity contribution in [1.29, 1.82) is 0 Å². The molecule has 1 aromatic heterocycles. The highest BCUT2D eigenvalue weighted by molar-refractivity contribution is 5.96. The van der Waals surface area contributed by atoms with Gasteiger partial charge in [0.1, 0.15) is 0 Å². The maximum absolute atomic E-state index is 11.8. The van der Waals surface area contributed by atoms with Crippen LogP contribution in [0.1, 0.15) is 42.8 Å². The first kappa shape index (κ1) is 10.0. The first-order valence-corrected chi connectivity index (χ1v) is 4.79. The van der Waals surface area contributed by atoms with Gasteiger partial charge in [0, 0.05) is 5.92 Å². The Morgan fingerprint density at radius 1 is 1.46 bits per heavy atom. The fourth-order valence-electron chi connectivity index (χ4n) is 1.47. The van der Waals surface area contributed by atoms with Gasteiger partial charge in [-0.15, -0.1) is 0 Å². The molecule has 1 aromatic rings. The van der Waals surface area contributed by atoms with Crippen molar-refractivity contribution in [3.8, 4) is 0 Å². The Hall–Kier alpha value is -1.05. The van der Waals surface area contributed by atoms with E-state index in [1.54, 1.807) is 6.26 Å². The summed E-state index contributed by atoms with van der Waals surface area (Å²) < 4.78 is 5.16. The van der Waals surface area contributed by atoms with E-state index in [1.165, 1.54) is 0 Å². The molecule has 0 saturated carbocycles. The van der Waals surface area contributed by atoms with Crippen LogP contribution in [-0.4, -0.2) is 5.78 Å². The lowest BCUT2D eigenvalue weighted by Crippen LogP contribution is -2.13. The molecule has 0 spiro atoms. The van der Waals surface area contributed by atoms with Gasteiger partial charge in [-0.1, -0.05) is 13.8 Å². The highest BCUT2D eigenvalue weighted by Crippen LogP contribution is 2.18. The number of aryl methyl sites for hydroxylation is 1. The van der Waals surface area contributed by atoms with Crippen molar-refractivity contribution in [3.05, 3.63) is 23.7 Å². The number of hydrogen-bond acceptors (Lipinski definition) is 2. The maximum atomic E-state index is 11.8. The zero-order chi connectivity index (χ0) is 9.84. The van der Waals surface area contributed by atoms with Gasteiger partial charge >= 0.3 is 0 Å². The molecule has 0 saturated heterocycles. The maximum Gasteiger partial charge on any atom is 0.201 e. The van der Waals surface area contributed by atoms with Crippen molar-refractivity contribution in [2.45, 2.75) is 33.6 Å². The summed E-state index contributed by atoms with van der Waals surface area (Å²) >= 11 is 0. The third-order valence-corrected chi connectivity index (χ3v) is 2.44. The zero-order valence-electron chi connectivity index (χ0n) is 8.46. The molecule has 1 heterocycles. The Kier molecular flexibility index (Phi) is 3.29. The largest absolute Gasteiger partial charge is 0.461 e. The van der Waals surface area contributed by atoms with Crippen LogP contribution in [0.15, 0.2) is 16.7 Å². The minimum absolute atomic E-state index is 0.116. The Labute approximate surface area is 78.9 Å². The summed E-state index contributed by atoms with van der Waals surface area (Å²) in [6, 6.07) is 1.83. The van der Waals surface area contributed by atoms with Gasteiger partial charge in [0.2, 0.25) is 5.78 Å². The quantitative estimate of drug-likeness (QED) is 0.666. The summed E-state index contributed by atoms with van der Waals surface area (Å²) in [6.07, 6.45) is 3.34. The molecule has 0 N–H and O–H groups in total. The van der Waals surface area contributed by atoms with Gasteiger partial charge in [-0.05, 0) is 31.4 Å². The first-order chi connectivity index (χ1) is 6.20. The first-order valence-electron chi connectivity index (χ1n) is 4.79. The van der Waals surface area contributed by atoms with Gasteiger partial charge in [0.25, 0.3) is 0 Å². The molecular weight excluding hydrogens is 164 g/mol. The third-order valence-electron chi connectivity index (χ3n) is 2.44. The number of ketones is 1. The lowest BCUT2D eigenvalue weighted by molar-refractivity contribution is 0.0884. The van der Waals surface area contributed by atoms with Gasteiger partial charge in [0.15, 0.2) is 5.76 Å². The van der Waals surface area contributed by atoms with E-state index in [1.807, 2.05) is 26.8 Å². The lowest BCUT2D eigenvalue weighted by atomic mass is 9.95. The van der Waals surface area contributed by atoms with Crippen LogP contribution in [0.3, 0.4) is 0 Å². The summed E-state index contributed by atoms with van der Waals surface area (Å²) in [5.74, 6) is 0.797. The fraction of sp³-hybridized carbons (Fsp3) is 0.545. The summed E-state index contributed by atoms with van der Waals surface area (Å²) in [7, 11) is 0. The van der Waals surface area contributed by atoms with Crippen molar-refractivity contribution < 1.29 is 9.21 Å². The van der Waals surface area contributed by atoms with E-state index in [4.69, 9.17) is 4.42 Å². The smallest absolute Gasteiger partial charge is 0.201 e. The average Bonchev–Trinajstić information content (AvgIpc) is 2.53. The molecule has 0 aliphatic heterocycles. The molecule has 13 heavy (non-hydrogen) atoms. The van der Waals surface area contributed by atoms with Gasteiger partial charge in [0.05, 0.1) is 6.26 Å². The van der Waals surface area contributed by atoms with E-state index < -0.39 is 0 Å². The van der Waals surface area contributed by atoms with Crippen molar-refractivity contribution in [3.63, 3.8) is 0 Å². The molecule has 0 atom stereocenters.